The number of carboxylic acids is 1. The van der Waals surface area contributed by atoms with Crippen LogP contribution in [0.25, 0.3) is 0 Å². The number of aryl methyl sites for hydroxylation is 1. The molecule has 0 bridgehead atoms. The van der Waals surface area contributed by atoms with Gasteiger partial charge in [0.05, 0.1) is 0 Å². The van der Waals surface area contributed by atoms with E-state index in [-0.39, 0.29) is 6.42 Å². The summed E-state index contributed by atoms with van der Waals surface area (Å²) in [6.07, 6.45) is 1.39. The summed E-state index contributed by atoms with van der Waals surface area (Å²) >= 11 is 0. The first kappa shape index (κ1) is 19.1. The van der Waals surface area contributed by atoms with Crippen molar-refractivity contribution in [3.63, 3.8) is 0 Å². The van der Waals surface area contributed by atoms with Gasteiger partial charge in [0, 0.05) is 12.1 Å². The third kappa shape index (κ3) is 5.65. The van der Waals surface area contributed by atoms with Gasteiger partial charge in [0.1, 0.15) is 5.75 Å². The quantitative estimate of drug-likeness (QED) is 0.697. The van der Waals surface area contributed by atoms with Crippen LogP contribution in [0.1, 0.15) is 31.7 Å². The van der Waals surface area contributed by atoms with Gasteiger partial charge in [-0.15, -0.1) is 0 Å². The van der Waals surface area contributed by atoms with Crippen LogP contribution in [0.3, 0.4) is 0 Å². The molecule has 2 N–H and O–H groups in total. The van der Waals surface area contributed by atoms with Gasteiger partial charge in [-0.3, -0.25) is 14.2 Å². The number of hydrogen-bond acceptors (Lipinski definition) is 4. The zero-order valence-electron chi connectivity index (χ0n) is 13.1. The number of aliphatic carboxylic acids is 1. The number of unbranched alkanes of at least 4 members (excludes halogenated alkanes) is 1. The second-order valence-corrected chi connectivity index (χ2v) is 6.75. The molecule has 0 aliphatic heterocycles. The molecule has 0 saturated carbocycles. The van der Waals surface area contributed by atoms with Crippen molar-refractivity contribution in [3.05, 3.63) is 29.8 Å². The number of amides is 1. The van der Waals surface area contributed by atoms with Crippen molar-refractivity contribution in [1.82, 2.24) is 0 Å². The van der Waals surface area contributed by atoms with E-state index in [0.717, 1.165) is 11.3 Å². The monoisotopic (exact) mass is 343 g/mol. The van der Waals surface area contributed by atoms with Crippen molar-refractivity contribution < 1.29 is 27.7 Å². The van der Waals surface area contributed by atoms with Crippen LogP contribution in [0.4, 0.5) is 5.69 Å². The summed E-state index contributed by atoms with van der Waals surface area (Å²) in [5.74, 6) is -3.04. The smallest absolute Gasteiger partial charge is 0.327 e. The molecular formula is C15H21NO6S. The van der Waals surface area contributed by atoms with Crippen LogP contribution in [-0.2, 0) is 19.7 Å². The average Bonchev–Trinajstić information content (AvgIpc) is 2.44. The van der Waals surface area contributed by atoms with Crippen LogP contribution in [-0.4, -0.2) is 41.7 Å². The Hall–Kier alpha value is -1.93. The number of nitrogens with zero attached hydrogens (tertiary/aromatic N) is 1. The summed E-state index contributed by atoms with van der Waals surface area (Å²) < 4.78 is 31.3. The minimum Gasteiger partial charge on any atom is -0.480 e. The molecule has 0 heterocycles. The lowest BCUT2D eigenvalue weighted by molar-refractivity contribution is -0.139. The fraction of sp³-hybridized carbons (Fsp3) is 0.467. The normalized spacial score (nSPS) is 12.7. The Morgan fingerprint density at radius 3 is 2.35 bits per heavy atom. The van der Waals surface area contributed by atoms with E-state index >= 15 is 0 Å². The summed E-state index contributed by atoms with van der Waals surface area (Å²) in [4.78, 5) is 24.9. The zero-order valence-corrected chi connectivity index (χ0v) is 13.9. The van der Waals surface area contributed by atoms with Crippen LogP contribution < -0.4 is 4.90 Å². The Bertz CT molecular complexity index is 670. The summed E-state index contributed by atoms with van der Waals surface area (Å²) in [5.41, 5.74) is 0.962. The maximum absolute atomic E-state index is 12.5. The topological polar surface area (TPSA) is 112 Å². The van der Waals surface area contributed by atoms with Gasteiger partial charge in [-0.05, 0) is 25.0 Å². The van der Waals surface area contributed by atoms with Crippen molar-refractivity contribution in [2.75, 3.05) is 10.7 Å². The van der Waals surface area contributed by atoms with Crippen molar-refractivity contribution in [1.29, 1.82) is 0 Å². The second kappa shape index (κ2) is 8.07. The molecule has 1 aromatic carbocycles. The van der Waals surface area contributed by atoms with E-state index in [1.807, 2.05) is 6.92 Å². The first-order chi connectivity index (χ1) is 10.7. The highest BCUT2D eigenvalue weighted by molar-refractivity contribution is 7.85. The summed E-state index contributed by atoms with van der Waals surface area (Å²) in [7, 11) is -4.56. The van der Waals surface area contributed by atoms with Crippen molar-refractivity contribution >= 4 is 27.7 Å². The van der Waals surface area contributed by atoms with Gasteiger partial charge in [-0.2, -0.15) is 8.42 Å². The van der Waals surface area contributed by atoms with Crippen molar-refractivity contribution in [2.45, 2.75) is 39.2 Å². The number of carbonyl (C=O) groups is 2. The third-order valence-electron chi connectivity index (χ3n) is 3.35. The van der Waals surface area contributed by atoms with Gasteiger partial charge in [-0.25, -0.2) is 4.79 Å². The van der Waals surface area contributed by atoms with Crippen LogP contribution in [0.5, 0.6) is 0 Å². The average molecular weight is 343 g/mol. The van der Waals surface area contributed by atoms with E-state index in [0.29, 0.717) is 17.7 Å². The molecule has 0 spiro atoms. The zero-order chi connectivity index (χ0) is 17.6. The molecule has 0 aliphatic carbocycles. The molecule has 7 nitrogen and oxygen atoms in total. The largest absolute Gasteiger partial charge is 0.480 e. The number of benzene rings is 1. The van der Waals surface area contributed by atoms with Crippen LogP contribution in [0, 0.1) is 6.92 Å². The number of carbonyl (C=O) groups excluding carboxylic acids is 1. The van der Waals surface area contributed by atoms with Crippen LogP contribution in [0.2, 0.25) is 0 Å². The lowest BCUT2D eigenvalue weighted by Gasteiger charge is -2.29. The summed E-state index contributed by atoms with van der Waals surface area (Å²) in [5, 5.41) is 9.36. The molecule has 8 heteroatoms. The molecule has 0 fully saturated rings. The molecule has 0 radical (unpaired) electrons. The first-order valence-electron chi connectivity index (χ1n) is 7.23. The van der Waals surface area contributed by atoms with Crippen molar-refractivity contribution in [3.8, 4) is 0 Å². The minimum atomic E-state index is -4.56. The van der Waals surface area contributed by atoms with Gasteiger partial charge in [0.25, 0.3) is 10.1 Å². The van der Waals surface area contributed by atoms with Crippen molar-refractivity contribution in [2.24, 2.45) is 0 Å². The molecule has 1 rings (SSSR count). The molecule has 1 atom stereocenters. The van der Waals surface area contributed by atoms with E-state index in [4.69, 9.17) is 4.55 Å². The number of hydrogen-bond donors (Lipinski definition) is 2. The predicted molar refractivity (Wildman–Crippen MR) is 86.0 cm³/mol. The maximum atomic E-state index is 12.5. The first-order valence-corrected chi connectivity index (χ1v) is 8.84. The van der Waals surface area contributed by atoms with Gasteiger partial charge >= 0.3 is 5.97 Å². The molecule has 0 aliphatic rings. The molecule has 0 aromatic heterocycles. The van der Waals surface area contributed by atoms with E-state index in [1.165, 1.54) is 0 Å². The molecule has 23 heavy (non-hydrogen) atoms. The Morgan fingerprint density at radius 2 is 1.87 bits per heavy atom. The summed E-state index contributed by atoms with van der Waals surface area (Å²) in [6, 6.07) is 4.93. The highest BCUT2D eigenvalue weighted by Crippen LogP contribution is 2.24. The Morgan fingerprint density at radius 1 is 1.26 bits per heavy atom. The van der Waals surface area contributed by atoms with Gasteiger partial charge in [0.2, 0.25) is 5.91 Å². The van der Waals surface area contributed by atoms with Gasteiger partial charge in [-0.1, -0.05) is 31.5 Å². The van der Waals surface area contributed by atoms with Crippen LogP contribution >= 0.6 is 0 Å². The molecule has 0 saturated heterocycles. The molecule has 0 unspecified atom stereocenters. The molecule has 1 amide bonds. The molecular weight excluding hydrogens is 322 g/mol. The molecule has 1 aromatic rings. The van der Waals surface area contributed by atoms with Crippen LogP contribution in [0.15, 0.2) is 24.3 Å². The fourth-order valence-corrected chi connectivity index (χ4v) is 2.90. The number of rotatable bonds is 8. The lowest BCUT2D eigenvalue weighted by Crippen LogP contribution is -2.49. The van der Waals surface area contributed by atoms with E-state index < -0.39 is 33.8 Å². The highest BCUT2D eigenvalue weighted by Gasteiger charge is 2.34. The SMILES string of the molecule is CCCCC(=O)N(c1ccccc1C)[C@@H](CS(=O)(=O)O)C(=O)O. The number of anilines is 1. The minimum absolute atomic E-state index is 0.0973. The fourth-order valence-electron chi connectivity index (χ4n) is 2.21. The standard InChI is InChI=1S/C15H21NO6S/c1-3-4-9-14(17)16(12-8-6-5-7-11(12)2)13(15(18)19)10-23(20,21)22/h5-8,13H,3-4,9-10H2,1-2H3,(H,18,19)(H,20,21,22)/t13-/m0/s1. The highest BCUT2D eigenvalue weighted by atomic mass is 32.2. The number of carboxylic acid groups (broad SMARTS) is 1. The maximum Gasteiger partial charge on any atom is 0.327 e. The van der Waals surface area contributed by atoms with Gasteiger partial charge < -0.3 is 5.11 Å². The Labute approximate surface area is 135 Å². The number of para-hydroxylation sites is 1. The summed E-state index contributed by atoms with van der Waals surface area (Å²) in [6.45, 7) is 3.58. The van der Waals surface area contributed by atoms with E-state index in [9.17, 15) is 23.1 Å². The lowest BCUT2D eigenvalue weighted by atomic mass is 10.1. The Balaban J connectivity index is 3.33. The molecule has 128 valence electrons. The predicted octanol–water partition coefficient (Wildman–Crippen LogP) is 1.86. The van der Waals surface area contributed by atoms with Gasteiger partial charge in [0.15, 0.2) is 6.04 Å². The Kier molecular flexibility index (Phi) is 6.71. The van der Waals surface area contributed by atoms with E-state index in [2.05, 4.69) is 0 Å². The third-order valence-corrected chi connectivity index (χ3v) is 4.09. The second-order valence-electron chi connectivity index (χ2n) is 5.26. The van der Waals surface area contributed by atoms with E-state index in [1.54, 1.807) is 31.2 Å².